The van der Waals surface area contributed by atoms with Crippen LogP contribution >= 0.6 is 0 Å². The Labute approximate surface area is 122 Å². The predicted octanol–water partition coefficient (Wildman–Crippen LogP) is 2.99. The van der Waals surface area contributed by atoms with Crippen molar-refractivity contribution in [3.63, 3.8) is 0 Å². The van der Waals surface area contributed by atoms with Crippen LogP contribution in [0.3, 0.4) is 0 Å². The van der Waals surface area contributed by atoms with Crippen LogP contribution in [0.5, 0.6) is 0 Å². The van der Waals surface area contributed by atoms with Crippen molar-refractivity contribution in [1.29, 1.82) is 0 Å². The number of carboxylic acids is 1. The molecule has 0 bridgehead atoms. The van der Waals surface area contributed by atoms with Gasteiger partial charge in [-0.3, -0.25) is 4.79 Å². The van der Waals surface area contributed by atoms with E-state index in [-0.39, 0.29) is 0 Å². The predicted molar refractivity (Wildman–Crippen MR) is 84.3 cm³/mol. The fourth-order valence-corrected chi connectivity index (χ4v) is 2.70. The minimum atomic E-state index is -1.22. The van der Waals surface area contributed by atoms with Gasteiger partial charge in [0.25, 0.3) is 0 Å². The summed E-state index contributed by atoms with van der Waals surface area (Å²) in [6, 6.07) is 16.3. The Kier molecular flexibility index (Phi) is 3.18. The van der Waals surface area contributed by atoms with Crippen LogP contribution in [0.4, 0.5) is 0 Å². The van der Waals surface area contributed by atoms with Gasteiger partial charge >= 0.3 is 5.97 Å². The summed E-state index contributed by atoms with van der Waals surface area (Å²) in [7, 11) is 0. The molecule has 0 aliphatic rings. The van der Waals surface area contributed by atoms with Crippen molar-refractivity contribution in [2.45, 2.75) is 25.4 Å². The monoisotopic (exact) mass is 282 g/mol. The van der Waals surface area contributed by atoms with E-state index in [0.717, 1.165) is 11.0 Å². The van der Waals surface area contributed by atoms with Crippen molar-refractivity contribution in [2.24, 2.45) is 5.73 Å². The fraction of sp³-hybridized carbons (Fsp3) is 0.235. The molecular weight excluding hydrogens is 264 g/mol. The summed E-state index contributed by atoms with van der Waals surface area (Å²) in [4.78, 5) is 11.2. The number of nitrogens with zero attached hydrogens (tertiary/aromatic N) is 1. The Morgan fingerprint density at radius 2 is 1.57 bits per heavy atom. The Bertz CT molecular complexity index is 765. The third kappa shape index (κ3) is 2.28. The topological polar surface area (TPSA) is 68.2 Å². The molecule has 21 heavy (non-hydrogen) atoms. The molecule has 0 aliphatic heterocycles. The van der Waals surface area contributed by atoms with Crippen molar-refractivity contribution >= 4 is 27.8 Å². The number of aromatic nitrogens is 1. The van der Waals surface area contributed by atoms with Gasteiger partial charge in [0.15, 0.2) is 0 Å². The highest BCUT2D eigenvalue weighted by molar-refractivity contribution is 6.07. The van der Waals surface area contributed by atoms with E-state index in [1.165, 1.54) is 10.8 Å². The van der Waals surface area contributed by atoms with E-state index in [0.29, 0.717) is 13.0 Å². The number of rotatable bonds is 4. The summed E-state index contributed by atoms with van der Waals surface area (Å²) in [5.41, 5.74) is 6.86. The summed E-state index contributed by atoms with van der Waals surface area (Å²) in [5.74, 6) is -0.969. The maximum atomic E-state index is 11.2. The molecule has 108 valence electrons. The van der Waals surface area contributed by atoms with Crippen molar-refractivity contribution in [3.8, 4) is 0 Å². The molecule has 3 N–H and O–H groups in total. The van der Waals surface area contributed by atoms with Crippen molar-refractivity contribution in [1.82, 2.24) is 4.57 Å². The number of nitrogens with two attached hydrogens (primary N) is 1. The lowest BCUT2D eigenvalue weighted by Gasteiger charge is -2.20. The van der Waals surface area contributed by atoms with Gasteiger partial charge in [-0.2, -0.15) is 0 Å². The van der Waals surface area contributed by atoms with Gasteiger partial charge in [0, 0.05) is 28.4 Å². The Morgan fingerprint density at radius 1 is 1.10 bits per heavy atom. The number of fused-ring (bicyclic) bond motifs is 3. The Hall–Kier alpha value is -2.33. The van der Waals surface area contributed by atoms with E-state index in [4.69, 9.17) is 10.8 Å². The normalized spacial score (nSPS) is 14.4. The van der Waals surface area contributed by atoms with Crippen molar-refractivity contribution < 1.29 is 9.90 Å². The molecule has 0 fully saturated rings. The fourth-order valence-electron chi connectivity index (χ4n) is 2.70. The zero-order valence-corrected chi connectivity index (χ0v) is 11.9. The van der Waals surface area contributed by atoms with Crippen LogP contribution in [-0.4, -0.2) is 21.2 Å². The van der Waals surface area contributed by atoms with Crippen LogP contribution in [0, 0.1) is 0 Å². The van der Waals surface area contributed by atoms with E-state index in [1.807, 2.05) is 24.3 Å². The standard InChI is InChI=1S/C17H18N2O2/c1-17(18,16(20)21)10-11-19-14-8-4-2-6-12(14)13-7-3-5-9-15(13)19/h2-9H,10-11,18H2,1H3,(H,20,21). The minimum absolute atomic E-state index is 0.380. The SMILES string of the molecule is CC(N)(CCn1c2ccccc2c2ccccc21)C(=O)O. The first-order valence-corrected chi connectivity index (χ1v) is 6.99. The molecule has 1 unspecified atom stereocenters. The van der Waals surface area contributed by atoms with Crippen LogP contribution in [0.15, 0.2) is 48.5 Å². The molecular formula is C17H18N2O2. The number of hydrogen-bond donors (Lipinski definition) is 2. The van der Waals surface area contributed by atoms with Gasteiger partial charge in [-0.1, -0.05) is 36.4 Å². The average Bonchev–Trinajstić information content (AvgIpc) is 2.79. The lowest BCUT2D eigenvalue weighted by molar-refractivity contribution is -0.143. The maximum absolute atomic E-state index is 11.2. The number of benzene rings is 2. The Balaban J connectivity index is 2.10. The number of para-hydroxylation sites is 2. The molecule has 0 saturated carbocycles. The molecule has 2 aromatic carbocycles. The second-order valence-corrected chi connectivity index (χ2v) is 5.66. The first-order chi connectivity index (χ1) is 10.0. The average molecular weight is 282 g/mol. The summed E-state index contributed by atoms with van der Waals surface area (Å²) in [6.45, 7) is 2.14. The largest absolute Gasteiger partial charge is 0.480 e. The van der Waals surface area contributed by atoms with Crippen molar-refractivity contribution in [2.75, 3.05) is 0 Å². The lowest BCUT2D eigenvalue weighted by Crippen LogP contribution is -2.45. The van der Waals surface area contributed by atoms with Gasteiger partial charge in [0.1, 0.15) is 5.54 Å². The van der Waals surface area contributed by atoms with Gasteiger partial charge in [0.05, 0.1) is 0 Å². The second-order valence-electron chi connectivity index (χ2n) is 5.66. The quantitative estimate of drug-likeness (QED) is 0.773. The van der Waals surface area contributed by atoms with Crippen LogP contribution in [-0.2, 0) is 11.3 Å². The number of hydrogen-bond acceptors (Lipinski definition) is 2. The van der Waals surface area contributed by atoms with E-state index in [1.54, 1.807) is 6.92 Å². The molecule has 0 amide bonds. The summed E-state index contributed by atoms with van der Waals surface area (Å²) >= 11 is 0. The number of carboxylic acid groups (broad SMARTS) is 1. The van der Waals surface area contributed by atoms with Gasteiger partial charge in [-0.05, 0) is 25.5 Å². The molecule has 3 rings (SSSR count). The molecule has 3 aromatic rings. The molecule has 0 radical (unpaired) electrons. The smallest absolute Gasteiger partial charge is 0.323 e. The zero-order chi connectivity index (χ0) is 15.0. The molecule has 4 nitrogen and oxygen atoms in total. The molecule has 4 heteroatoms. The van der Waals surface area contributed by atoms with Crippen LogP contribution < -0.4 is 5.73 Å². The molecule has 0 saturated heterocycles. The molecule has 1 heterocycles. The van der Waals surface area contributed by atoms with Gasteiger partial charge < -0.3 is 15.4 Å². The first-order valence-electron chi connectivity index (χ1n) is 6.99. The maximum Gasteiger partial charge on any atom is 0.323 e. The molecule has 0 spiro atoms. The van der Waals surface area contributed by atoms with E-state index in [2.05, 4.69) is 28.8 Å². The number of aliphatic carboxylic acids is 1. The lowest BCUT2D eigenvalue weighted by atomic mass is 10.00. The third-order valence-corrected chi connectivity index (χ3v) is 4.02. The van der Waals surface area contributed by atoms with E-state index < -0.39 is 11.5 Å². The first kappa shape index (κ1) is 13.6. The summed E-state index contributed by atoms with van der Waals surface area (Å²) in [5, 5.41) is 11.5. The van der Waals surface area contributed by atoms with Gasteiger partial charge in [-0.25, -0.2) is 0 Å². The summed E-state index contributed by atoms with van der Waals surface area (Å²) < 4.78 is 2.15. The van der Waals surface area contributed by atoms with Crippen LogP contribution in [0.2, 0.25) is 0 Å². The number of carbonyl (C=O) groups is 1. The minimum Gasteiger partial charge on any atom is -0.480 e. The molecule has 1 atom stereocenters. The van der Waals surface area contributed by atoms with Gasteiger partial charge in [0.2, 0.25) is 0 Å². The van der Waals surface area contributed by atoms with Crippen LogP contribution in [0.1, 0.15) is 13.3 Å². The van der Waals surface area contributed by atoms with Crippen LogP contribution in [0.25, 0.3) is 21.8 Å². The van der Waals surface area contributed by atoms with E-state index >= 15 is 0 Å². The summed E-state index contributed by atoms with van der Waals surface area (Å²) in [6.07, 6.45) is 0.380. The molecule has 0 aliphatic carbocycles. The van der Waals surface area contributed by atoms with Gasteiger partial charge in [-0.15, -0.1) is 0 Å². The number of aryl methyl sites for hydroxylation is 1. The zero-order valence-electron chi connectivity index (χ0n) is 11.9. The highest BCUT2D eigenvalue weighted by Crippen LogP contribution is 2.29. The third-order valence-electron chi connectivity index (χ3n) is 4.02. The molecule has 1 aromatic heterocycles. The highest BCUT2D eigenvalue weighted by atomic mass is 16.4. The van der Waals surface area contributed by atoms with Crippen molar-refractivity contribution in [3.05, 3.63) is 48.5 Å². The Morgan fingerprint density at radius 3 is 2.05 bits per heavy atom. The second kappa shape index (κ2) is 4.90. The highest BCUT2D eigenvalue weighted by Gasteiger charge is 2.27. The van der Waals surface area contributed by atoms with E-state index in [9.17, 15) is 4.79 Å².